The summed E-state index contributed by atoms with van der Waals surface area (Å²) in [5.74, 6) is -0.443. The number of nitrogens with zero attached hydrogens (tertiary/aromatic N) is 1. The molecule has 1 heterocycles. The van der Waals surface area contributed by atoms with Crippen molar-refractivity contribution in [1.82, 2.24) is 0 Å². The Hall–Kier alpha value is -2.10. The summed E-state index contributed by atoms with van der Waals surface area (Å²) >= 11 is 0. The fraction of sp³-hybridized carbons (Fsp3) is 0.474. The minimum absolute atomic E-state index is 0.250. The van der Waals surface area contributed by atoms with Gasteiger partial charge in [0.25, 0.3) is 11.8 Å². The van der Waals surface area contributed by atoms with Gasteiger partial charge in [0.05, 0.1) is 5.69 Å². The van der Waals surface area contributed by atoms with Gasteiger partial charge in [-0.05, 0) is 29.4 Å². The molecule has 0 fully saturated rings. The molecule has 1 aliphatic rings. The molecule has 4 nitrogen and oxygen atoms in total. The standard InChI is InChI=1S/C19H25NO3/c1-7-19(5,6)14-11-12(20-15(21)8-9-16(20)22)10-13(17(14)23)18(2,3)4/h8-11,23H,7H2,1-6H3. The number of phenolic OH excluding ortho intramolecular Hbond substituents is 1. The third-order valence-electron chi connectivity index (χ3n) is 4.58. The molecule has 1 aromatic carbocycles. The summed E-state index contributed by atoms with van der Waals surface area (Å²) in [5.41, 5.74) is 1.44. The molecule has 2 rings (SSSR count). The minimum Gasteiger partial charge on any atom is -0.507 e. The molecule has 124 valence electrons. The topological polar surface area (TPSA) is 57.6 Å². The molecule has 0 spiro atoms. The SMILES string of the molecule is CCC(C)(C)c1cc(N2C(=O)C=CC2=O)cc(C(C)(C)C)c1O. The van der Waals surface area contributed by atoms with Gasteiger partial charge in [0.1, 0.15) is 5.75 Å². The van der Waals surface area contributed by atoms with E-state index in [1.165, 1.54) is 12.2 Å². The van der Waals surface area contributed by atoms with Crippen LogP contribution in [0.15, 0.2) is 24.3 Å². The average molecular weight is 315 g/mol. The van der Waals surface area contributed by atoms with Crippen molar-refractivity contribution >= 4 is 17.5 Å². The second-order valence-electron chi connectivity index (χ2n) is 7.72. The Kier molecular flexibility index (Phi) is 4.14. The van der Waals surface area contributed by atoms with Gasteiger partial charge in [0, 0.05) is 23.3 Å². The molecule has 2 amide bonds. The van der Waals surface area contributed by atoms with E-state index in [1.54, 1.807) is 12.1 Å². The largest absolute Gasteiger partial charge is 0.507 e. The van der Waals surface area contributed by atoms with Gasteiger partial charge in [0.15, 0.2) is 0 Å². The summed E-state index contributed by atoms with van der Waals surface area (Å²) in [6, 6.07) is 3.50. The van der Waals surface area contributed by atoms with Crippen LogP contribution in [0.25, 0.3) is 0 Å². The Labute approximate surface area is 137 Å². The van der Waals surface area contributed by atoms with E-state index >= 15 is 0 Å². The van der Waals surface area contributed by atoms with Gasteiger partial charge in [-0.2, -0.15) is 0 Å². The van der Waals surface area contributed by atoms with E-state index in [0.29, 0.717) is 5.69 Å². The van der Waals surface area contributed by atoms with E-state index in [9.17, 15) is 14.7 Å². The Bertz CT molecular complexity index is 675. The lowest BCUT2D eigenvalue weighted by Crippen LogP contribution is -2.31. The highest BCUT2D eigenvalue weighted by atomic mass is 16.3. The molecule has 0 saturated heterocycles. The molecule has 0 aromatic heterocycles. The van der Waals surface area contributed by atoms with Crippen LogP contribution in [-0.4, -0.2) is 16.9 Å². The normalized spacial score (nSPS) is 15.7. The number of aromatic hydroxyl groups is 1. The first-order chi connectivity index (χ1) is 10.5. The molecule has 1 N–H and O–H groups in total. The zero-order valence-electron chi connectivity index (χ0n) is 14.7. The highest BCUT2D eigenvalue weighted by Gasteiger charge is 2.32. The van der Waals surface area contributed by atoms with Gasteiger partial charge in [-0.25, -0.2) is 4.90 Å². The van der Waals surface area contributed by atoms with E-state index in [-0.39, 0.29) is 28.4 Å². The summed E-state index contributed by atoms with van der Waals surface area (Å²) in [7, 11) is 0. The number of imide groups is 1. The lowest BCUT2D eigenvalue weighted by atomic mass is 9.77. The summed E-state index contributed by atoms with van der Waals surface area (Å²) < 4.78 is 0. The summed E-state index contributed by atoms with van der Waals surface area (Å²) in [6.07, 6.45) is 3.38. The number of benzene rings is 1. The van der Waals surface area contributed by atoms with Gasteiger partial charge in [0.2, 0.25) is 0 Å². The number of hydrogen-bond donors (Lipinski definition) is 1. The second-order valence-corrected chi connectivity index (χ2v) is 7.72. The first kappa shape index (κ1) is 17.3. The molecule has 4 heteroatoms. The number of phenols is 1. The molecule has 1 aromatic rings. The highest BCUT2D eigenvalue weighted by Crippen LogP contribution is 2.43. The van der Waals surface area contributed by atoms with Crippen LogP contribution in [0.4, 0.5) is 5.69 Å². The van der Waals surface area contributed by atoms with Crippen LogP contribution >= 0.6 is 0 Å². The Balaban J connectivity index is 2.72. The number of carbonyl (C=O) groups excluding carboxylic acids is 2. The van der Waals surface area contributed by atoms with E-state index in [2.05, 4.69) is 6.92 Å². The quantitative estimate of drug-likeness (QED) is 0.863. The van der Waals surface area contributed by atoms with Crippen molar-refractivity contribution in [2.75, 3.05) is 4.90 Å². The predicted molar refractivity (Wildman–Crippen MR) is 91.8 cm³/mol. The van der Waals surface area contributed by atoms with Crippen molar-refractivity contribution in [3.63, 3.8) is 0 Å². The monoisotopic (exact) mass is 315 g/mol. The summed E-state index contributed by atoms with van der Waals surface area (Å²) in [4.78, 5) is 25.2. The Morgan fingerprint density at radius 2 is 1.43 bits per heavy atom. The van der Waals surface area contributed by atoms with E-state index < -0.39 is 0 Å². The van der Waals surface area contributed by atoms with Crippen molar-refractivity contribution in [3.05, 3.63) is 35.4 Å². The second kappa shape index (κ2) is 5.52. The number of hydrogen-bond acceptors (Lipinski definition) is 3. The van der Waals surface area contributed by atoms with Crippen molar-refractivity contribution < 1.29 is 14.7 Å². The van der Waals surface area contributed by atoms with Crippen LogP contribution in [0.1, 0.15) is 59.1 Å². The predicted octanol–water partition coefficient (Wildman–Crippen LogP) is 3.81. The number of rotatable bonds is 3. The first-order valence-electron chi connectivity index (χ1n) is 7.93. The molecule has 0 saturated carbocycles. The van der Waals surface area contributed by atoms with Crippen LogP contribution < -0.4 is 4.90 Å². The van der Waals surface area contributed by atoms with E-state index in [0.717, 1.165) is 22.4 Å². The fourth-order valence-electron chi connectivity index (χ4n) is 2.68. The third kappa shape index (κ3) is 3.03. The van der Waals surface area contributed by atoms with Gasteiger partial charge in [-0.1, -0.05) is 41.5 Å². The third-order valence-corrected chi connectivity index (χ3v) is 4.58. The van der Waals surface area contributed by atoms with Gasteiger partial charge >= 0.3 is 0 Å². The maximum absolute atomic E-state index is 12.0. The Morgan fingerprint density at radius 3 is 1.87 bits per heavy atom. The molecule has 0 bridgehead atoms. The fourth-order valence-corrected chi connectivity index (χ4v) is 2.68. The minimum atomic E-state index is -0.346. The number of anilines is 1. The van der Waals surface area contributed by atoms with Crippen molar-refractivity contribution in [2.45, 2.75) is 58.8 Å². The summed E-state index contributed by atoms with van der Waals surface area (Å²) in [5, 5.41) is 10.8. The first-order valence-corrected chi connectivity index (χ1v) is 7.93. The maximum Gasteiger partial charge on any atom is 0.258 e. The van der Waals surface area contributed by atoms with Crippen molar-refractivity contribution in [3.8, 4) is 5.75 Å². The molecule has 1 aliphatic heterocycles. The zero-order valence-corrected chi connectivity index (χ0v) is 14.7. The highest BCUT2D eigenvalue weighted by molar-refractivity contribution is 6.28. The average Bonchev–Trinajstić information content (AvgIpc) is 2.77. The molecule has 0 radical (unpaired) electrons. The van der Waals surface area contributed by atoms with E-state index in [4.69, 9.17) is 0 Å². The molecule has 0 atom stereocenters. The number of carbonyl (C=O) groups is 2. The van der Waals surface area contributed by atoms with Crippen LogP contribution in [0, 0.1) is 0 Å². The van der Waals surface area contributed by atoms with Crippen LogP contribution in [0.5, 0.6) is 5.75 Å². The zero-order chi connectivity index (χ0) is 17.6. The van der Waals surface area contributed by atoms with Gasteiger partial charge < -0.3 is 5.11 Å². The smallest absolute Gasteiger partial charge is 0.258 e. The van der Waals surface area contributed by atoms with Crippen LogP contribution in [-0.2, 0) is 20.4 Å². The van der Waals surface area contributed by atoms with E-state index in [1.807, 2.05) is 34.6 Å². The van der Waals surface area contributed by atoms with Crippen molar-refractivity contribution in [2.24, 2.45) is 0 Å². The molecule has 23 heavy (non-hydrogen) atoms. The molecular formula is C19H25NO3. The van der Waals surface area contributed by atoms with Gasteiger partial charge in [-0.3, -0.25) is 9.59 Å². The summed E-state index contributed by atoms with van der Waals surface area (Å²) in [6.45, 7) is 12.1. The van der Waals surface area contributed by atoms with Crippen LogP contribution in [0.3, 0.4) is 0 Å². The lowest BCUT2D eigenvalue weighted by Gasteiger charge is -2.31. The van der Waals surface area contributed by atoms with Gasteiger partial charge in [-0.15, -0.1) is 0 Å². The number of amides is 2. The lowest BCUT2D eigenvalue weighted by molar-refractivity contribution is -0.119. The Morgan fingerprint density at radius 1 is 0.957 bits per heavy atom. The molecule has 0 aliphatic carbocycles. The maximum atomic E-state index is 12.0. The molecule has 0 unspecified atom stereocenters. The van der Waals surface area contributed by atoms with Crippen molar-refractivity contribution in [1.29, 1.82) is 0 Å². The van der Waals surface area contributed by atoms with Crippen LogP contribution in [0.2, 0.25) is 0 Å². The molecular weight excluding hydrogens is 290 g/mol.